The van der Waals surface area contributed by atoms with Crippen LogP contribution in [0.15, 0.2) is 77.4 Å². The monoisotopic (exact) mass is 493 g/mol. The molecule has 0 aliphatic carbocycles. The third kappa shape index (κ3) is 5.62. The molecule has 5 aromatic rings. The van der Waals surface area contributed by atoms with Crippen molar-refractivity contribution >= 4 is 22.5 Å². The van der Waals surface area contributed by atoms with Crippen LogP contribution in [0.3, 0.4) is 0 Å². The SMILES string of the molecule is Cc1nc(-c2ccc(-c3ccc(CC(=O)Nc4ccc5ccn(CCN(C)C)c5c4)cc3)c(C)c2)no1. The fourth-order valence-electron chi connectivity index (χ4n) is 4.50. The minimum Gasteiger partial charge on any atom is -0.346 e. The van der Waals surface area contributed by atoms with Crippen molar-refractivity contribution in [2.45, 2.75) is 26.8 Å². The first-order valence-corrected chi connectivity index (χ1v) is 12.4. The number of hydrogen-bond acceptors (Lipinski definition) is 5. The smallest absolute Gasteiger partial charge is 0.228 e. The van der Waals surface area contributed by atoms with E-state index in [9.17, 15) is 4.79 Å². The van der Waals surface area contributed by atoms with Crippen molar-refractivity contribution in [2.75, 3.05) is 26.0 Å². The Morgan fingerprint density at radius 1 is 0.973 bits per heavy atom. The van der Waals surface area contributed by atoms with Gasteiger partial charge in [-0.25, -0.2) is 0 Å². The molecule has 3 aromatic carbocycles. The molecule has 0 saturated heterocycles. The van der Waals surface area contributed by atoms with Gasteiger partial charge in [0, 0.05) is 37.5 Å². The molecule has 7 nitrogen and oxygen atoms in total. The van der Waals surface area contributed by atoms with Gasteiger partial charge in [0.1, 0.15) is 0 Å². The number of aryl methyl sites for hydroxylation is 2. The highest BCUT2D eigenvalue weighted by molar-refractivity contribution is 5.95. The number of aromatic nitrogens is 3. The number of benzene rings is 3. The molecule has 0 spiro atoms. The lowest BCUT2D eigenvalue weighted by molar-refractivity contribution is -0.115. The molecule has 5 rings (SSSR count). The van der Waals surface area contributed by atoms with E-state index in [0.717, 1.165) is 52.1 Å². The number of carbonyl (C=O) groups is 1. The number of nitrogens with one attached hydrogen (secondary N) is 1. The Bertz CT molecular complexity index is 1550. The lowest BCUT2D eigenvalue weighted by Gasteiger charge is -2.12. The molecule has 0 fully saturated rings. The molecule has 0 aliphatic rings. The summed E-state index contributed by atoms with van der Waals surface area (Å²) in [6.07, 6.45) is 2.41. The molecule has 0 radical (unpaired) electrons. The molecule has 0 unspecified atom stereocenters. The van der Waals surface area contributed by atoms with Crippen LogP contribution in [0.1, 0.15) is 17.0 Å². The molecule has 0 aliphatic heterocycles. The number of fused-ring (bicyclic) bond motifs is 1. The van der Waals surface area contributed by atoms with E-state index in [-0.39, 0.29) is 5.91 Å². The van der Waals surface area contributed by atoms with Crippen molar-refractivity contribution in [1.29, 1.82) is 0 Å². The van der Waals surface area contributed by atoms with E-state index >= 15 is 0 Å². The molecule has 37 heavy (non-hydrogen) atoms. The van der Waals surface area contributed by atoms with Crippen LogP contribution in [0.2, 0.25) is 0 Å². The molecular weight excluding hydrogens is 462 g/mol. The van der Waals surface area contributed by atoms with Crippen LogP contribution in [-0.4, -0.2) is 46.2 Å². The Kier molecular flexibility index (Phi) is 6.88. The van der Waals surface area contributed by atoms with Gasteiger partial charge < -0.3 is 19.3 Å². The molecule has 2 heterocycles. The average molecular weight is 494 g/mol. The molecule has 1 N–H and O–H groups in total. The van der Waals surface area contributed by atoms with Crippen LogP contribution in [0.25, 0.3) is 33.4 Å². The lowest BCUT2D eigenvalue weighted by atomic mass is 9.97. The van der Waals surface area contributed by atoms with Gasteiger partial charge in [-0.15, -0.1) is 0 Å². The third-order valence-electron chi connectivity index (χ3n) is 6.49. The second-order valence-corrected chi connectivity index (χ2v) is 9.67. The van der Waals surface area contributed by atoms with Crippen LogP contribution in [0.5, 0.6) is 0 Å². The van der Waals surface area contributed by atoms with Gasteiger partial charge in [0.25, 0.3) is 0 Å². The summed E-state index contributed by atoms with van der Waals surface area (Å²) in [4.78, 5) is 19.3. The van der Waals surface area contributed by atoms with Crippen LogP contribution in [-0.2, 0) is 17.8 Å². The van der Waals surface area contributed by atoms with Crippen LogP contribution < -0.4 is 5.32 Å². The van der Waals surface area contributed by atoms with Crippen molar-refractivity contribution in [3.8, 4) is 22.5 Å². The fourth-order valence-corrected chi connectivity index (χ4v) is 4.50. The lowest BCUT2D eigenvalue weighted by Crippen LogP contribution is -2.18. The summed E-state index contributed by atoms with van der Waals surface area (Å²) in [5.74, 6) is 1.11. The Hall–Kier alpha value is -4.23. The first kappa shape index (κ1) is 24.5. The molecule has 1 amide bonds. The molecule has 0 atom stereocenters. The van der Waals surface area contributed by atoms with E-state index in [1.54, 1.807) is 6.92 Å². The summed E-state index contributed by atoms with van der Waals surface area (Å²) in [6.45, 7) is 5.71. The highest BCUT2D eigenvalue weighted by Crippen LogP contribution is 2.28. The van der Waals surface area contributed by atoms with Gasteiger partial charge in [-0.2, -0.15) is 4.98 Å². The van der Waals surface area contributed by atoms with Crippen LogP contribution in [0, 0.1) is 13.8 Å². The predicted molar refractivity (Wildman–Crippen MR) is 147 cm³/mol. The minimum absolute atomic E-state index is 0.0329. The molecular formula is C30H31N5O2. The topological polar surface area (TPSA) is 76.2 Å². The minimum atomic E-state index is -0.0329. The highest BCUT2D eigenvalue weighted by Gasteiger charge is 2.11. The summed E-state index contributed by atoms with van der Waals surface area (Å²) in [5.41, 5.74) is 7.18. The molecule has 0 bridgehead atoms. The zero-order chi connectivity index (χ0) is 25.9. The van der Waals surface area contributed by atoms with Crippen molar-refractivity contribution in [1.82, 2.24) is 19.6 Å². The summed E-state index contributed by atoms with van der Waals surface area (Å²) in [5, 5.41) is 8.23. The Balaban J connectivity index is 1.25. The third-order valence-corrected chi connectivity index (χ3v) is 6.49. The summed E-state index contributed by atoms with van der Waals surface area (Å²) < 4.78 is 7.32. The van der Waals surface area contributed by atoms with Gasteiger partial charge in [0.2, 0.25) is 17.6 Å². The Labute approximate surface area is 216 Å². The van der Waals surface area contributed by atoms with Gasteiger partial charge in [0.05, 0.1) is 11.9 Å². The maximum atomic E-state index is 12.8. The van der Waals surface area contributed by atoms with E-state index in [0.29, 0.717) is 18.1 Å². The van der Waals surface area contributed by atoms with E-state index in [2.05, 4.69) is 88.5 Å². The zero-order valence-corrected chi connectivity index (χ0v) is 21.7. The summed E-state index contributed by atoms with van der Waals surface area (Å²) >= 11 is 0. The van der Waals surface area contributed by atoms with E-state index in [4.69, 9.17) is 4.52 Å². The van der Waals surface area contributed by atoms with Crippen molar-refractivity contribution in [3.63, 3.8) is 0 Å². The van der Waals surface area contributed by atoms with Gasteiger partial charge in [-0.1, -0.05) is 47.6 Å². The number of nitrogens with zero attached hydrogens (tertiary/aromatic N) is 4. The molecule has 0 saturated carbocycles. The molecule has 188 valence electrons. The largest absolute Gasteiger partial charge is 0.346 e. The quantitative estimate of drug-likeness (QED) is 0.299. The Morgan fingerprint density at radius 2 is 1.76 bits per heavy atom. The van der Waals surface area contributed by atoms with Crippen molar-refractivity contribution in [2.24, 2.45) is 0 Å². The number of rotatable bonds is 8. The average Bonchev–Trinajstić information content (AvgIpc) is 3.49. The van der Waals surface area contributed by atoms with Crippen molar-refractivity contribution in [3.05, 3.63) is 89.9 Å². The van der Waals surface area contributed by atoms with Gasteiger partial charge in [0.15, 0.2) is 0 Å². The number of hydrogen-bond donors (Lipinski definition) is 1. The summed E-state index contributed by atoms with van der Waals surface area (Å²) in [6, 6.07) is 22.5. The number of likely N-dealkylation sites (N-methyl/N-ethyl adjacent to an activating group) is 1. The van der Waals surface area contributed by atoms with Crippen LogP contribution in [0.4, 0.5) is 5.69 Å². The maximum absolute atomic E-state index is 12.8. The van der Waals surface area contributed by atoms with E-state index in [1.165, 1.54) is 5.39 Å². The first-order valence-electron chi connectivity index (χ1n) is 12.4. The standard InChI is InChI=1S/C30H31N5O2/c1-20-17-25(30-31-21(2)37-33-30)10-12-27(20)23-7-5-22(6-8-23)18-29(36)32-26-11-9-24-13-14-35(28(24)19-26)16-15-34(3)4/h5-14,17,19H,15-16,18H2,1-4H3,(H,32,36). The van der Waals surface area contributed by atoms with Gasteiger partial charge in [-0.3, -0.25) is 4.79 Å². The van der Waals surface area contributed by atoms with E-state index in [1.807, 2.05) is 30.3 Å². The predicted octanol–water partition coefficient (Wildman–Crippen LogP) is 5.72. The number of carbonyl (C=O) groups excluding carboxylic acids is 1. The molecule has 7 heteroatoms. The fraction of sp³-hybridized carbons (Fsp3) is 0.233. The number of amides is 1. The Morgan fingerprint density at radius 3 is 2.46 bits per heavy atom. The van der Waals surface area contributed by atoms with Crippen molar-refractivity contribution < 1.29 is 9.32 Å². The highest BCUT2D eigenvalue weighted by atomic mass is 16.5. The second-order valence-electron chi connectivity index (χ2n) is 9.67. The van der Waals surface area contributed by atoms with E-state index < -0.39 is 0 Å². The first-order chi connectivity index (χ1) is 17.9. The second kappa shape index (κ2) is 10.4. The summed E-state index contributed by atoms with van der Waals surface area (Å²) in [7, 11) is 4.14. The van der Waals surface area contributed by atoms with Gasteiger partial charge >= 0.3 is 0 Å². The van der Waals surface area contributed by atoms with Crippen LogP contribution >= 0.6 is 0 Å². The zero-order valence-electron chi connectivity index (χ0n) is 21.7. The normalized spacial score (nSPS) is 11.4. The van der Waals surface area contributed by atoms with Gasteiger partial charge in [-0.05, 0) is 72.9 Å². The number of anilines is 1. The maximum Gasteiger partial charge on any atom is 0.228 e. The molecule has 2 aromatic heterocycles.